The molecule has 0 radical (unpaired) electrons. The molecule has 0 saturated carbocycles. The van der Waals surface area contributed by atoms with E-state index in [1.807, 2.05) is 0 Å². The van der Waals surface area contributed by atoms with Crippen molar-refractivity contribution in [1.29, 1.82) is 0 Å². The maximum absolute atomic E-state index is 11.9. The van der Waals surface area contributed by atoms with Gasteiger partial charge in [-0.3, -0.25) is 0 Å². The van der Waals surface area contributed by atoms with Crippen LogP contribution in [0.4, 0.5) is 0 Å². The maximum Gasteiger partial charge on any atom is 0.337 e. The number of ether oxygens (including phenoxy) is 1. The van der Waals surface area contributed by atoms with Crippen molar-refractivity contribution in [3.8, 4) is 0 Å². The van der Waals surface area contributed by atoms with Gasteiger partial charge in [-0.1, -0.05) is 0 Å². The first-order valence-electron chi connectivity index (χ1n) is 5.89. The third-order valence-electron chi connectivity index (χ3n) is 2.51. The van der Waals surface area contributed by atoms with Gasteiger partial charge in [-0.25, -0.2) is 17.9 Å². The Kier molecular flexibility index (Phi) is 5.94. The second kappa shape index (κ2) is 7.22. The molecule has 7 heteroatoms. The lowest BCUT2D eigenvalue weighted by molar-refractivity contribution is 0.0600. The minimum absolute atomic E-state index is 0.118. The van der Waals surface area contributed by atoms with Gasteiger partial charge in [-0.2, -0.15) is 0 Å². The molecule has 0 fully saturated rings. The van der Waals surface area contributed by atoms with Gasteiger partial charge in [0.25, 0.3) is 0 Å². The minimum atomic E-state index is -3.53. The van der Waals surface area contributed by atoms with E-state index in [2.05, 4.69) is 9.46 Å². The van der Waals surface area contributed by atoms with E-state index in [1.165, 1.54) is 31.4 Å². The monoisotopic (exact) mass is 286 g/mol. The zero-order valence-electron chi connectivity index (χ0n) is 10.8. The predicted octanol–water partition coefficient (Wildman–Crippen LogP) is 0.490. The number of nitrogens with two attached hydrogens (primary N) is 1. The Labute approximate surface area is 113 Å². The van der Waals surface area contributed by atoms with Gasteiger partial charge in [0, 0.05) is 6.54 Å². The molecule has 0 spiro atoms. The van der Waals surface area contributed by atoms with Gasteiger partial charge < -0.3 is 10.5 Å². The Bertz CT molecular complexity index is 511. The van der Waals surface area contributed by atoms with Crippen molar-refractivity contribution in [3.63, 3.8) is 0 Å². The van der Waals surface area contributed by atoms with Crippen molar-refractivity contribution in [1.82, 2.24) is 4.72 Å². The third-order valence-corrected chi connectivity index (χ3v) is 3.99. The van der Waals surface area contributed by atoms with Gasteiger partial charge >= 0.3 is 5.97 Å². The number of rotatable bonds is 7. The molecule has 0 saturated heterocycles. The molecule has 0 bridgehead atoms. The summed E-state index contributed by atoms with van der Waals surface area (Å²) in [6.45, 7) is 0.883. The topological polar surface area (TPSA) is 98.5 Å². The van der Waals surface area contributed by atoms with Crippen LogP contribution in [0.3, 0.4) is 0 Å². The van der Waals surface area contributed by atoms with E-state index in [1.54, 1.807) is 0 Å². The molecular weight excluding hydrogens is 268 g/mol. The maximum atomic E-state index is 11.9. The first kappa shape index (κ1) is 15.6. The van der Waals surface area contributed by atoms with Crippen LogP contribution >= 0.6 is 0 Å². The second-order valence-electron chi connectivity index (χ2n) is 3.91. The third kappa shape index (κ3) is 4.62. The average molecular weight is 286 g/mol. The van der Waals surface area contributed by atoms with Gasteiger partial charge in [0.05, 0.1) is 17.6 Å². The van der Waals surface area contributed by atoms with Gasteiger partial charge in [0.15, 0.2) is 0 Å². The molecule has 0 aliphatic carbocycles. The van der Waals surface area contributed by atoms with E-state index in [-0.39, 0.29) is 4.90 Å². The number of hydrogen-bond donors (Lipinski definition) is 2. The van der Waals surface area contributed by atoms with Crippen LogP contribution in [-0.2, 0) is 14.8 Å². The number of benzene rings is 1. The molecule has 1 rings (SSSR count). The van der Waals surface area contributed by atoms with Crippen LogP contribution in [0, 0.1) is 0 Å². The van der Waals surface area contributed by atoms with E-state index < -0.39 is 16.0 Å². The molecule has 0 amide bonds. The van der Waals surface area contributed by atoms with Crippen LogP contribution < -0.4 is 10.5 Å². The standard InChI is InChI=1S/C12H18N2O4S/c1-18-12(15)10-4-6-11(7-5-10)19(16,17)14-9-3-2-8-13/h4-7,14H,2-3,8-9,13H2,1H3. The molecule has 0 aliphatic heterocycles. The van der Waals surface area contributed by atoms with Crippen LogP contribution in [0.15, 0.2) is 29.2 Å². The summed E-state index contributed by atoms with van der Waals surface area (Å²) in [5, 5.41) is 0. The molecule has 0 atom stereocenters. The summed E-state index contributed by atoms with van der Waals surface area (Å²) in [6, 6.07) is 5.58. The number of unbranched alkanes of at least 4 members (excludes halogenated alkanes) is 1. The zero-order chi connectivity index (χ0) is 14.3. The Morgan fingerprint density at radius 2 is 1.89 bits per heavy atom. The first-order chi connectivity index (χ1) is 9.01. The zero-order valence-corrected chi connectivity index (χ0v) is 11.6. The summed E-state index contributed by atoms with van der Waals surface area (Å²) in [5.74, 6) is -0.500. The number of carbonyl (C=O) groups excluding carboxylic acids is 1. The SMILES string of the molecule is COC(=O)c1ccc(S(=O)(=O)NCCCCN)cc1. The van der Waals surface area contributed by atoms with Gasteiger partial charge in [-0.15, -0.1) is 0 Å². The van der Waals surface area contributed by atoms with E-state index in [9.17, 15) is 13.2 Å². The van der Waals surface area contributed by atoms with Gasteiger partial charge in [-0.05, 0) is 43.7 Å². The Hall–Kier alpha value is -1.44. The summed E-state index contributed by atoms with van der Waals surface area (Å²) in [7, 11) is -2.26. The van der Waals surface area contributed by atoms with Crippen molar-refractivity contribution in [2.45, 2.75) is 17.7 Å². The van der Waals surface area contributed by atoms with E-state index >= 15 is 0 Å². The second-order valence-corrected chi connectivity index (χ2v) is 5.68. The molecule has 6 nitrogen and oxygen atoms in total. The molecule has 1 aromatic carbocycles. The average Bonchev–Trinajstić information content (AvgIpc) is 2.43. The van der Waals surface area contributed by atoms with E-state index in [0.29, 0.717) is 25.1 Å². The molecule has 1 aromatic rings. The molecule has 0 unspecified atom stereocenters. The predicted molar refractivity (Wildman–Crippen MR) is 71.3 cm³/mol. The van der Waals surface area contributed by atoms with E-state index in [4.69, 9.17) is 5.73 Å². The molecular formula is C12H18N2O4S. The Balaban J connectivity index is 2.71. The molecule has 0 aromatic heterocycles. The molecule has 19 heavy (non-hydrogen) atoms. The number of sulfonamides is 1. The minimum Gasteiger partial charge on any atom is -0.465 e. The molecule has 106 valence electrons. The first-order valence-corrected chi connectivity index (χ1v) is 7.37. The fourth-order valence-electron chi connectivity index (χ4n) is 1.45. The van der Waals surface area contributed by atoms with Crippen LogP contribution in [-0.4, -0.2) is 34.6 Å². The fourth-order valence-corrected chi connectivity index (χ4v) is 2.52. The highest BCUT2D eigenvalue weighted by molar-refractivity contribution is 7.89. The number of methoxy groups -OCH3 is 1. The number of carbonyl (C=O) groups is 1. The van der Waals surface area contributed by atoms with Crippen LogP contribution in [0.25, 0.3) is 0 Å². The van der Waals surface area contributed by atoms with Crippen molar-refractivity contribution in [2.75, 3.05) is 20.2 Å². The summed E-state index contributed by atoms with van der Waals surface area (Å²) in [4.78, 5) is 11.3. The van der Waals surface area contributed by atoms with Crippen LogP contribution in [0.2, 0.25) is 0 Å². The van der Waals surface area contributed by atoms with Crippen LogP contribution in [0.1, 0.15) is 23.2 Å². The van der Waals surface area contributed by atoms with Crippen molar-refractivity contribution < 1.29 is 17.9 Å². The summed E-state index contributed by atoms with van der Waals surface area (Å²) >= 11 is 0. The van der Waals surface area contributed by atoms with Crippen molar-refractivity contribution >= 4 is 16.0 Å². The lowest BCUT2D eigenvalue weighted by Gasteiger charge is -2.07. The number of nitrogens with one attached hydrogen (secondary N) is 1. The molecule has 3 N–H and O–H groups in total. The number of hydrogen-bond acceptors (Lipinski definition) is 5. The highest BCUT2D eigenvalue weighted by Crippen LogP contribution is 2.11. The fraction of sp³-hybridized carbons (Fsp3) is 0.417. The Morgan fingerprint density at radius 3 is 2.42 bits per heavy atom. The lowest BCUT2D eigenvalue weighted by atomic mass is 10.2. The smallest absolute Gasteiger partial charge is 0.337 e. The Morgan fingerprint density at radius 1 is 1.26 bits per heavy atom. The van der Waals surface area contributed by atoms with Gasteiger partial charge in [0.2, 0.25) is 10.0 Å². The largest absolute Gasteiger partial charge is 0.465 e. The van der Waals surface area contributed by atoms with Crippen molar-refractivity contribution in [3.05, 3.63) is 29.8 Å². The van der Waals surface area contributed by atoms with Crippen molar-refractivity contribution in [2.24, 2.45) is 5.73 Å². The lowest BCUT2D eigenvalue weighted by Crippen LogP contribution is -2.25. The van der Waals surface area contributed by atoms with Crippen LogP contribution in [0.5, 0.6) is 0 Å². The molecule has 0 heterocycles. The van der Waals surface area contributed by atoms with E-state index in [0.717, 1.165) is 6.42 Å². The normalized spacial score (nSPS) is 11.3. The van der Waals surface area contributed by atoms with Gasteiger partial charge in [0.1, 0.15) is 0 Å². The molecule has 0 aliphatic rings. The summed E-state index contributed by atoms with van der Waals surface area (Å²) in [5.41, 5.74) is 5.64. The quantitative estimate of drug-likeness (QED) is 0.561. The highest BCUT2D eigenvalue weighted by atomic mass is 32.2. The number of esters is 1. The summed E-state index contributed by atoms with van der Waals surface area (Å²) < 4.78 is 30.8. The summed E-state index contributed by atoms with van der Waals surface area (Å²) in [6.07, 6.45) is 1.46. The highest BCUT2D eigenvalue weighted by Gasteiger charge is 2.14.